The van der Waals surface area contributed by atoms with Gasteiger partial charge in [0.15, 0.2) is 6.61 Å². The first-order chi connectivity index (χ1) is 15.3. The number of benzene rings is 2. The van der Waals surface area contributed by atoms with E-state index in [-0.39, 0.29) is 18.1 Å². The maximum atomic E-state index is 12.4. The standard InChI is InChI=1S/C23H27N3O5S/c1-4-26-21-11-10-19(32(28,29)25(2)3)13-20(21)24-22(26)14-31-23(27)15-30-18-9-8-16-6-5-7-17(16)12-18/h8-13H,4-7,14-15H2,1-3H3. The number of hydrogen-bond donors (Lipinski definition) is 0. The molecule has 0 unspecified atom stereocenters. The number of carbonyl (C=O) groups excluding carboxylic acids is 1. The predicted molar refractivity (Wildman–Crippen MR) is 120 cm³/mol. The lowest BCUT2D eigenvalue weighted by molar-refractivity contribution is -0.147. The van der Waals surface area contributed by atoms with E-state index in [4.69, 9.17) is 9.47 Å². The van der Waals surface area contributed by atoms with Crippen LogP contribution in [0.25, 0.3) is 11.0 Å². The highest BCUT2D eigenvalue weighted by atomic mass is 32.2. The fourth-order valence-electron chi connectivity index (χ4n) is 3.96. The Morgan fingerprint density at radius 1 is 1.12 bits per heavy atom. The van der Waals surface area contributed by atoms with Gasteiger partial charge in [0.25, 0.3) is 0 Å². The fraction of sp³-hybridized carbons (Fsp3) is 0.391. The van der Waals surface area contributed by atoms with E-state index >= 15 is 0 Å². The van der Waals surface area contributed by atoms with Gasteiger partial charge in [-0.1, -0.05) is 6.07 Å². The summed E-state index contributed by atoms with van der Waals surface area (Å²) in [4.78, 5) is 16.9. The van der Waals surface area contributed by atoms with Gasteiger partial charge in [-0.05, 0) is 67.6 Å². The van der Waals surface area contributed by atoms with Crippen LogP contribution in [0, 0.1) is 0 Å². The lowest BCUT2D eigenvalue weighted by Gasteiger charge is -2.11. The van der Waals surface area contributed by atoms with Crippen molar-refractivity contribution < 1.29 is 22.7 Å². The summed E-state index contributed by atoms with van der Waals surface area (Å²) in [5.41, 5.74) is 3.95. The molecule has 9 heteroatoms. The Hall–Kier alpha value is -2.91. The number of nitrogens with zero attached hydrogens (tertiary/aromatic N) is 3. The van der Waals surface area contributed by atoms with Crippen molar-refractivity contribution in [2.45, 2.75) is 44.2 Å². The number of aromatic nitrogens is 2. The van der Waals surface area contributed by atoms with Gasteiger partial charge in [-0.2, -0.15) is 0 Å². The zero-order chi connectivity index (χ0) is 22.9. The number of ether oxygens (including phenoxy) is 2. The van der Waals surface area contributed by atoms with Crippen LogP contribution in [-0.2, 0) is 45.5 Å². The Morgan fingerprint density at radius 2 is 1.91 bits per heavy atom. The van der Waals surface area contributed by atoms with Crippen molar-refractivity contribution in [3.63, 3.8) is 0 Å². The van der Waals surface area contributed by atoms with Gasteiger partial charge in [0.2, 0.25) is 10.0 Å². The number of rotatable bonds is 8. The summed E-state index contributed by atoms with van der Waals surface area (Å²) in [6.07, 6.45) is 3.29. The van der Waals surface area contributed by atoms with E-state index in [1.165, 1.54) is 25.2 Å². The SMILES string of the molecule is CCn1c(COC(=O)COc2ccc3c(c2)CCC3)nc2cc(S(=O)(=O)N(C)C)ccc21. The fourth-order valence-corrected chi connectivity index (χ4v) is 4.88. The Kier molecular flexibility index (Phi) is 6.21. The summed E-state index contributed by atoms with van der Waals surface area (Å²) in [7, 11) is -0.588. The zero-order valence-corrected chi connectivity index (χ0v) is 19.3. The predicted octanol–water partition coefficient (Wildman–Crippen LogP) is 2.92. The van der Waals surface area contributed by atoms with Crippen molar-refractivity contribution >= 4 is 27.0 Å². The number of aryl methyl sites for hydroxylation is 3. The summed E-state index contributed by atoms with van der Waals surface area (Å²) >= 11 is 0. The van der Waals surface area contributed by atoms with Crippen molar-refractivity contribution in [1.29, 1.82) is 0 Å². The van der Waals surface area contributed by atoms with Gasteiger partial charge in [-0.15, -0.1) is 0 Å². The number of sulfonamides is 1. The first-order valence-corrected chi connectivity index (χ1v) is 12.1. The Labute approximate surface area is 187 Å². The molecule has 1 heterocycles. The molecule has 3 aromatic rings. The molecule has 0 bridgehead atoms. The van der Waals surface area contributed by atoms with Crippen LogP contribution in [-0.4, -0.2) is 48.9 Å². The molecule has 1 aliphatic carbocycles. The third-order valence-corrected chi connectivity index (χ3v) is 7.49. The molecule has 0 radical (unpaired) electrons. The van der Waals surface area contributed by atoms with E-state index in [1.807, 2.05) is 23.6 Å². The van der Waals surface area contributed by atoms with Crippen molar-refractivity contribution in [2.75, 3.05) is 20.7 Å². The molecular formula is C23H27N3O5S. The first kappa shape index (κ1) is 22.3. The second-order valence-electron chi connectivity index (χ2n) is 7.94. The largest absolute Gasteiger partial charge is 0.482 e. The minimum Gasteiger partial charge on any atom is -0.482 e. The minimum atomic E-state index is -3.56. The molecule has 2 aromatic carbocycles. The summed E-state index contributed by atoms with van der Waals surface area (Å²) in [6, 6.07) is 10.8. The Balaban J connectivity index is 1.43. The summed E-state index contributed by atoms with van der Waals surface area (Å²) in [5, 5.41) is 0. The Bertz CT molecular complexity index is 1260. The molecule has 0 fully saturated rings. The van der Waals surface area contributed by atoms with Gasteiger partial charge in [0, 0.05) is 20.6 Å². The molecule has 0 aliphatic heterocycles. The number of imidazole rings is 1. The number of fused-ring (bicyclic) bond motifs is 2. The van der Waals surface area contributed by atoms with Gasteiger partial charge >= 0.3 is 5.97 Å². The molecule has 0 N–H and O–H groups in total. The summed E-state index contributed by atoms with van der Waals surface area (Å²) in [5.74, 6) is 0.724. The average molecular weight is 458 g/mol. The van der Waals surface area contributed by atoms with Gasteiger partial charge < -0.3 is 14.0 Å². The van der Waals surface area contributed by atoms with Crippen LogP contribution in [0.1, 0.15) is 30.3 Å². The highest BCUT2D eigenvalue weighted by Gasteiger charge is 2.20. The normalized spacial score (nSPS) is 13.5. The molecular weight excluding hydrogens is 430 g/mol. The maximum absolute atomic E-state index is 12.4. The van der Waals surface area contributed by atoms with E-state index in [0.29, 0.717) is 23.6 Å². The molecule has 0 amide bonds. The molecule has 32 heavy (non-hydrogen) atoms. The van der Waals surface area contributed by atoms with Crippen LogP contribution in [0.5, 0.6) is 5.75 Å². The first-order valence-electron chi connectivity index (χ1n) is 10.6. The average Bonchev–Trinajstić information content (AvgIpc) is 3.38. The molecule has 0 saturated heterocycles. The maximum Gasteiger partial charge on any atom is 0.344 e. The molecule has 0 spiro atoms. The molecule has 170 valence electrons. The highest BCUT2D eigenvalue weighted by molar-refractivity contribution is 7.89. The summed E-state index contributed by atoms with van der Waals surface area (Å²) in [6.45, 7) is 2.35. The number of esters is 1. The second kappa shape index (κ2) is 8.91. The molecule has 0 atom stereocenters. The van der Waals surface area contributed by atoms with Gasteiger partial charge in [0.1, 0.15) is 18.2 Å². The molecule has 1 aromatic heterocycles. The van der Waals surface area contributed by atoms with Crippen LogP contribution in [0.4, 0.5) is 0 Å². The van der Waals surface area contributed by atoms with Crippen LogP contribution < -0.4 is 4.74 Å². The van der Waals surface area contributed by atoms with E-state index in [0.717, 1.165) is 29.1 Å². The van der Waals surface area contributed by atoms with Crippen molar-refractivity contribution in [3.05, 3.63) is 53.3 Å². The summed E-state index contributed by atoms with van der Waals surface area (Å²) < 4.78 is 38.9. The van der Waals surface area contributed by atoms with E-state index in [9.17, 15) is 13.2 Å². The van der Waals surface area contributed by atoms with Crippen molar-refractivity contribution in [3.8, 4) is 5.75 Å². The Morgan fingerprint density at radius 3 is 2.66 bits per heavy atom. The number of carbonyl (C=O) groups is 1. The lowest BCUT2D eigenvalue weighted by atomic mass is 10.1. The van der Waals surface area contributed by atoms with Crippen molar-refractivity contribution in [2.24, 2.45) is 0 Å². The van der Waals surface area contributed by atoms with E-state index in [1.54, 1.807) is 18.2 Å². The lowest BCUT2D eigenvalue weighted by Crippen LogP contribution is -2.22. The molecule has 4 rings (SSSR count). The third-order valence-electron chi connectivity index (χ3n) is 5.68. The topological polar surface area (TPSA) is 90.7 Å². The third kappa shape index (κ3) is 4.35. The second-order valence-corrected chi connectivity index (χ2v) is 10.1. The monoisotopic (exact) mass is 457 g/mol. The van der Waals surface area contributed by atoms with Crippen molar-refractivity contribution in [1.82, 2.24) is 13.9 Å². The van der Waals surface area contributed by atoms with Gasteiger partial charge in [0.05, 0.1) is 15.9 Å². The molecule has 8 nitrogen and oxygen atoms in total. The van der Waals surface area contributed by atoms with Crippen LogP contribution >= 0.6 is 0 Å². The zero-order valence-electron chi connectivity index (χ0n) is 18.5. The smallest absolute Gasteiger partial charge is 0.344 e. The van der Waals surface area contributed by atoms with E-state index in [2.05, 4.69) is 11.1 Å². The quantitative estimate of drug-likeness (QED) is 0.483. The van der Waals surface area contributed by atoms with Crippen LogP contribution in [0.3, 0.4) is 0 Å². The molecule has 0 saturated carbocycles. The van der Waals surface area contributed by atoms with Gasteiger partial charge in [-0.3, -0.25) is 0 Å². The van der Waals surface area contributed by atoms with Crippen LogP contribution in [0.15, 0.2) is 41.3 Å². The highest BCUT2D eigenvalue weighted by Crippen LogP contribution is 2.26. The number of hydrogen-bond acceptors (Lipinski definition) is 6. The van der Waals surface area contributed by atoms with E-state index < -0.39 is 16.0 Å². The van der Waals surface area contributed by atoms with Gasteiger partial charge in [-0.25, -0.2) is 22.5 Å². The molecule has 1 aliphatic rings. The van der Waals surface area contributed by atoms with Crippen LogP contribution in [0.2, 0.25) is 0 Å². The minimum absolute atomic E-state index is 0.0231.